The van der Waals surface area contributed by atoms with Crippen molar-refractivity contribution in [3.63, 3.8) is 0 Å². The van der Waals surface area contributed by atoms with E-state index in [4.69, 9.17) is 5.11 Å². The van der Waals surface area contributed by atoms with Crippen LogP contribution in [-0.4, -0.2) is 25.7 Å². The molecule has 0 saturated heterocycles. The van der Waals surface area contributed by atoms with E-state index in [-0.39, 0.29) is 11.3 Å². The van der Waals surface area contributed by atoms with Gasteiger partial charge in [-0.1, -0.05) is 0 Å². The molecule has 1 aromatic rings. The van der Waals surface area contributed by atoms with Crippen molar-refractivity contribution in [1.29, 1.82) is 0 Å². The lowest BCUT2D eigenvalue weighted by molar-refractivity contribution is 0.0695. The lowest BCUT2D eigenvalue weighted by atomic mass is 10.2. The second-order valence-electron chi connectivity index (χ2n) is 2.73. The fourth-order valence-electron chi connectivity index (χ4n) is 0.905. The Labute approximate surface area is 100 Å². The van der Waals surface area contributed by atoms with Crippen molar-refractivity contribution in [3.8, 4) is 5.75 Å². The molecular weight excluding hydrogens is 335 g/mol. The fraction of sp³-hybridized carbons (Fsp3) is 0.125. The molecule has 7 heteroatoms. The van der Waals surface area contributed by atoms with Crippen LogP contribution in [0.2, 0.25) is 0 Å². The highest BCUT2D eigenvalue weighted by atomic mass is 127. The van der Waals surface area contributed by atoms with E-state index in [0.717, 1.165) is 6.26 Å². The third-order valence-electron chi connectivity index (χ3n) is 1.41. The van der Waals surface area contributed by atoms with E-state index in [0.29, 0.717) is 3.57 Å². The molecule has 0 saturated carbocycles. The standard InChI is InChI=1S/C8H7IO5S/c1-15(12,13)14-7-3-2-5(9)4-6(7)8(10)11/h2-4H,1H3,(H,10,11). The van der Waals surface area contributed by atoms with Gasteiger partial charge in [-0.25, -0.2) is 4.79 Å². The van der Waals surface area contributed by atoms with Gasteiger partial charge >= 0.3 is 16.1 Å². The van der Waals surface area contributed by atoms with Gasteiger partial charge in [-0.15, -0.1) is 0 Å². The Kier molecular flexibility index (Phi) is 3.55. The van der Waals surface area contributed by atoms with Crippen molar-refractivity contribution in [2.75, 3.05) is 6.26 Å². The predicted molar refractivity (Wildman–Crippen MR) is 61.6 cm³/mol. The van der Waals surface area contributed by atoms with Gasteiger partial charge in [0.25, 0.3) is 0 Å². The molecule has 1 N–H and O–H groups in total. The molecule has 5 nitrogen and oxygen atoms in total. The molecule has 0 unspecified atom stereocenters. The molecule has 0 aliphatic carbocycles. The van der Waals surface area contributed by atoms with Crippen molar-refractivity contribution in [1.82, 2.24) is 0 Å². The average molecular weight is 342 g/mol. The fourth-order valence-corrected chi connectivity index (χ4v) is 1.87. The van der Waals surface area contributed by atoms with Crippen LogP contribution in [0.25, 0.3) is 0 Å². The van der Waals surface area contributed by atoms with Crippen molar-refractivity contribution in [2.24, 2.45) is 0 Å². The summed E-state index contributed by atoms with van der Waals surface area (Å²) in [6.45, 7) is 0. The van der Waals surface area contributed by atoms with Gasteiger partial charge in [0.05, 0.1) is 6.26 Å². The van der Waals surface area contributed by atoms with E-state index >= 15 is 0 Å². The van der Waals surface area contributed by atoms with E-state index in [1.165, 1.54) is 12.1 Å². The van der Waals surface area contributed by atoms with Crippen LogP contribution in [0.3, 0.4) is 0 Å². The summed E-state index contributed by atoms with van der Waals surface area (Å²) in [5.74, 6) is -1.41. The van der Waals surface area contributed by atoms with Crippen molar-refractivity contribution < 1.29 is 22.5 Å². The lowest BCUT2D eigenvalue weighted by Crippen LogP contribution is -2.09. The van der Waals surface area contributed by atoms with Gasteiger partial charge in [-0.3, -0.25) is 0 Å². The van der Waals surface area contributed by atoms with E-state index in [1.807, 2.05) is 22.6 Å². The number of benzene rings is 1. The minimum Gasteiger partial charge on any atom is -0.478 e. The maximum absolute atomic E-state index is 10.8. The Morgan fingerprint density at radius 1 is 1.47 bits per heavy atom. The van der Waals surface area contributed by atoms with Crippen LogP contribution in [0.4, 0.5) is 0 Å². The van der Waals surface area contributed by atoms with E-state index in [2.05, 4.69) is 4.18 Å². The molecule has 0 bridgehead atoms. The molecule has 1 rings (SSSR count). The molecule has 0 fully saturated rings. The monoisotopic (exact) mass is 342 g/mol. The normalized spacial score (nSPS) is 11.1. The molecule has 1 aromatic carbocycles. The summed E-state index contributed by atoms with van der Waals surface area (Å²) in [6, 6.07) is 4.21. The Morgan fingerprint density at radius 2 is 2.07 bits per heavy atom. The molecule has 0 spiro atoms. The first-order valence-electron chi connectivity index (χ1n) is 3.72. The zero-order valence-corrected chi connectivity index (χ0v) is 10.6. The van der Waals surface area contributed by atoms with Crippen LogP contribution in [0.5, 0.6) is 5.75 Å². The summed E-state index contributed by atoms with van der Waals surface area (Å²) >= 11 is 1.92. The number of rotatable bonds is 3. The third kappa shape index (κ3) is 3.67. The Bertz CT molecular complexity index is 494. The smallest absolute Gasteiger partial charge is 0.339 e. The lowest BCUT2D eigenvalue weighted by Gasteiger charge is -2.06. The molecule has 0 aliphatic heterocycles. The Morgan fingerprint density at radius 3 is 2.53 bits per heavy atom. The molecule has 0 amide bonds. The van der Waals surface area contributed by atoms with Crippen LogP contribution < -0.4 is 4.18 Å². The Balaban J connectivity index is 3.24. The molecule has 0 radical (unpaired) electrons. The van der Waals surface area contributed by atoms with E-state index in [9.17, 15) is 13.2 Å². The summed E-state index contributed by atoms with van der Waals surface area (Å²) < 4.78 is 26.9. The summed E-state index contributed by atoms with van der Waals surface area (Å²) in [7, 11) is -3.71. The van der Waals surface area contributed by atoms with Crippen molar-refractivity contribution in [2.45, 2.75) is 0 Å². The molecule has 0 aliphatic rings. The molecule has 15 heavy (non-hydrogen) atoms. The first kappa shape index (κ1) is 12.2. The topological polar surface area (TPSA) is 80.7 Å². The van der Waals surface area contributed by atoms with Crippen molar-refractivity contribution in [3.05, 3.63) is 27.3 Å². The number of halogens is 1. The first-order chi connectivity index (χ1) is 6.79. The molecule has 82 valence electrons. The summed E-state index contributed by atoms with van der Waals surface area (Å²) in [5, 5.41) is 8.81. The largest absolute Gasteiger partial charge is 0.478 e. The Hall–Kier alpha value is -0.830. The second kappa shape index (κ2) is 4.35. The van der Waals surface area contributed by atoms with Gasteiger partial charge in [-0.05, 0) is 40.8 Å². The number of hydrogen-bond donors (Lipinski definition) is 1. The summed E-state index contributed by atoms with van der Waals surface area (Å²) in [5.41, 5.74) is -0.174. The third-order valence-corrected chi connectivity index (χ3v) is 2.57. The van der Waals surface area contributed by atoms with Gasteiger partial charge in [0.2, 0.25) is 0 Å². The summed E-state index contributed by atoms with van der Waals surface area (Å²) in [6.07, 6.45) is 0.858. The number of carbonyl (C=O) groups is 1. The van der Waals surface area contributed by atoms with Gasteiger partial charge in [0.1, 0.15) is 5.56 Å². The van der Waals surface area contributed by atoms with Crippen LogP contribution in [0.15, 0.2) is 18.2 Å². The number of hydrogen-bond acceptors (Lipinski definition) is 4. The molecule has 0 heterocycles. The number of carboxylic acid groups (broad SMARTS) is 1. The minimum atomic E-state index is -3.71. The van der Waals surface area contributed by atoms with Crippen molar-refractivity contribution >= 4 is 38.7 Å². The first-order valence-corrected chi connectivity index (χ1v) is 6.61. The highest BCUT2D eigenvalue weighted by Gasteiger charge is 2.15. The molecular formula is C8H7IO5S. The van der Waals surface area contributed by atoms with Gasteiger partial charge < -0.3 is 9.29 Å². The summed E-state index contributed by atoms with van der Waals surface area (Å²) in [4.78, 5) is 10.8. The maximum atomic E-state index is 10.8. The number of aromatic carboxylic acids is 1. The van der Waals surface area contributed by atoms with Gasteiger partial charge in [0, 0.05) is 3.57 Å². The highest BCUT2D eigenvalue weighted by Crippen LogP contribution is 2.22. The zero-order chi connectivity index (χ0) is 11.6. The number of carboxylic acids is 1. The molecule has 0 atom stereocenters. The predicted octanol–water partition coefficient (Wildman–Crippen LogP) is 1.33. The van der Waals surface area contributed by atoms with Crippen LogP contribution in [0.1, 0.15) is 10.4 Å². The van der Waals surface area contributed by atoms with E-state index in [1.54, 1.807) is 6.07 Å². The average Bonchev–Trinajstić information content (AvgIpc) is 2.05. The van der Waals surface area contributed by atoms with Crippen LogP contribution in [-0.2, 0) is 10.1 Å². The second-order valence-corrected chi connectivity index (χ2v) is 5.55. The van der Waals surface area contributed by atoms with Gasteiger partial charge in [0.15, 0.2) is 5.75 Å². The van der Waals surface area contributed by atoms with Crippen LogP contribution >= 0.6 is 22.6 Å². The zero-order valence-electron chi connectivity index (χ0n) is 7.60. The maximum Gasteiger partial charge on any atom is 0.339 e. The minimum absolute atomic E-state index is 0.174. The van der Waals surface area contributed by atoms with Crippen LogP contribution in [0, 0.1) is 3.57 Å². The van der Waals surface area contributed by atoms with Gasteiger partial charge in [-0.2, -0.15) is 8.42 Å². The van der Waals surface area contributed by atoms with E-state index < -0.39 is 16.1 Å². The quantitative estimate of drug-likeness (QED) is 0.662. The SMILES string of the molecule is CS(=O)(=O)Oc1ccc(I)cc1C(=O)O. The highest BCUT2D eigenvalue weighted by molar-refractivity contribution is 14.1. The molecule has 0 aromatic heterocycles.